The second-order valence-corrected chi connectivity index (χ2v) is 19.3. The monoisotopic (exact) mass is 237 g/mol. The topological polar surface area (TPSA) is 26.3 Å². The van der Waals surface area contributed by atoms with Gasteiger partial charge in [-0.25, -0.2) is 0 Å². The summed E-state index contributed by atoms with van der Waals surface area (Å²) >= 11 is -1.64. The van der Waals surface area contributed by atoms with Crippen molar-refractivity contribution in [1.29, 1.82) is 0 Å². The fourth-order valence-electron chi connectivity index (χ4n) is 0.399. The Kier molecular flexibility index (Phi) is 4.27. The van der Waals surface area contributed by atoms with Crippen LogP contribution in [-0.2, 0) is 9.53 Å². The van der Waals surface area contributed by atoms with E-state index in [1.807, 2.05) is 0 Å². The van der Waals surface area contributed by atoms with Crippen molar-refractivity contribution < 1.29 is 9.53 Å². The summed E-state index contributed by atoms with van der Waals surface area (Å²) in [6.45, 7) is 2.00. The molecule has 0 bridgehead atoms. The number of hydrogen-bond donors (Lipinski definition) is 0. The van der Waals surface area contributed by atoms with Gasteiger partial charge in [-0.1, -0.05) is 0 Å². The zero-order chi connectivity index (χ0) is 7.33. The zero-order valence-corrected chi connectivity index (χ0v) is 9.08. The first-order valence-electron chi connectivity index (χ1n) is 3.05. The summed E-state index contributed by atoms with van der Waals surface area (Å²) in [5, 5.41) is 0. The van der Waals surface area contributed by atoms with E-state index >= 15 is 0 Å². The van der Waals surface area contributed by atoms with E-state index < -0.39 is 18.4 Å². The zero-order valence-electron chi connectivity index (χ0n) is 6.23. The van der Waals surface area contributed by atoms with Gasteiger partial charge in [0.05, 0.1) is 0 Å². The normalized spacial score (nSPS) is 11.0. The fourth-order valence-corrected chi connectivity index (χ4v) is 2.44. The number of ether oxygens (including phenoxy) is 1. The van der Waals surface area contributed by atoms with Crippen LogP contribution in [0.15, 0.2) is 0 Å². The van der Waals surface area contributed by atoms with Crippen LogP contribution in [0.4, 0.5) is 0 Å². The van der Waals surface area contributed by atoms with Crippen molar-refractivity contribution in [3.8, 4) is 0 Å². The molecule has 3 heteroatoms. The Hall–Kier alpha value is 0.269. The van der Waals surface area contributed by atoms with Gasteiger partial charge in [-0.15, -0.1) is 0 Å². The van der Waals surface area contributed by atoms with Gasteiger partial charge in [0.2, 0.25) is 0 Å². The molecule has 0 atom stereocenters. The van der Waals surface area contributed by atoms with Gasteiger partial charge in [0.25, 0.3) is 0 Å². The van der Waals surface area contributed by atoms with Crippen molar-refractivity contribution in [1.82, 2.24) is 0 Å². The molecule has 0 aromatic carbocycles. The molecule has 0 aliphatic rings. The molecule has 0 N–H and O–H groups in total. The maximum absolute atomic E-state index is 9.57. The van der Waals surface area contributed by atoms with E-state index in [1.54, 1.807) is 0 Å². The van der Waals surface area contributed by atoms with Crippen molar-refractivity contribution in [2.45, 2.75) is 19.3 Å². The first-order valence-corrected chi connectivity index (χ1v) is 13.6. The summed E-state index contributed by atoms with van der Waals surface area (Å²) in [4.78, 5) is 16.5. The van der Waals surface area contributed by atoms with Gasteiger partial charge in [-0.05, 0) is 0 Å². The average Bonchev–Trinajstić information content (AvgIpc) is 1.63. The molecule has 2 nitrogen and oxygen atoms in total. The minimum atomic E-state index is -1.64. The average molecular weight is 236 g/mol. The molecule has 0 aromatic rings. The molecule has 0 saturated heterocycles. The molecule has 0 saturated carbocycles. The summed E-state index contributed by atoms with van der Waals surface area (Å²) in [5.74, 6) is 0. The molecule has 0 amide bonds. The van der Waals surface area contributed by atoms with Crippen LogP contribution in [0.3, 0.4) is 0 Å². The van der Waals surface area contributed by atoms with Gasteiger partial charge in [-0.3, -0.25) is 0 Å². The molecule has 0 aliphatic carbocycles. The van der Waals surface area contributed by atoms with Crippen LogP contribution in [-0.4, -0.2) is 31.5 Å². The Balaban J connectivity index is 3.17. The van der Waals surface area contributed by atoms with Gasteiger partial charge >= 0.3 is 60.2 Å². The summed E-state index contributed by atoms with van der Waals surface area (Å²) in [7, 11) is 0. The van der Waals surface area contributed by atoms with Crippen LogP contribution in [0, 0.1) is 0 Å². The molecule has 0 spiro atoms. The number of carbonyl (C=O) groups excluding carboxylic acids is 1. The summed E-state index contributed by atoms with van der Waals surface area (Å²) < 4.78 is 5.56. The van der Waals surface area contributed by atoms with Crippen LogP contribution in [0.5, 0.6) is 0 Å². The van der Waals surface area contributed by atoms with E-state index in [0.717, 1.165) is 4.44 Å². The second-order valence-electron chi connectivity index (χ2n) is 3.24. The standard InChI is InChI=1S/C3H4O2.3CH3.Sn/c1-2-5-3-4;;;;/h1-2H2;3*1H3;. The Morgan fingerprint density at radius 2 is 2.00 bits per heavy atom. The Morgan fingerprint density at radius 1 is 1.44 bits per heavy atom. The van der Waals surface area contributed by atoms with Crippen LogP contribution in [0.1, 0.15) is 0 Å². The second kappa shape index (κ2) is 4.14. The van der Waals surface area contributed by atoms with Crippen LogP contribution in [0.2, 0.25) is 19.3 Å². The Morgan fingerprint density at radius 3 is 2.33 bits per heavy atom. The molecule has 53 valence electrons. The Labute approximate surface area is 60.5 Å². The molecule has 0 rings (SSSR count). The first-order chi connectivity index (χ1) is 4.06. The van der Waals surface area contributed by atoms with E-state index in [1.165, 1.54) is 6.47 Å². The van der Waals surface area contributed by atoms with Crippen molar-refractivity contribution in [2.24, 2.45) is 0 Å². The van der Waals surface area contributed by atoms with E-state index in [4.69, 9.17) is 0 Å². The summed E-state index contributed by atoms with van der Waals surface area (Å²) in [6.07, 6.45) is 0. The molecule has 1 radical (unpaired) electrons. The van der Waals surface area contributed by atoms with Gasteiger partial charge in [0, 0.05) is 0 Å². The summed E-state index contributed by atoms with van der Waals surface area (Å²) in [5.41, 5.74) is 0. The van der Waals surface area contributed by atoms with Gasteiger partial charge < -0.3 is 0 Å². The van der Waals surface area contributed by atoms with Crippen LogP contribution >= 0.6 is 0 Å². The predicted molar refractivity (Wildman–Crippen MR) is 39.8 cm³/mol. The van der Waals surface area contributed by atoms with Crippen LogP contribution < -0.4 is 0 Å². The van der Waals surface area contributed by atoms with E-state index in [9.17, 15) is 4.79 Å². The molecule has 0 aromatic heterocycles. The number of rotatable bonds is 4. The number of hydrogen-bond acceptors (Lipinski definition) is 2. The van der Waals surface area contributed by atoms with Crippen LogP contribution in [0.25, 0.3) is 0 Å². The molecule has 9 heavy (non-hydrogen) atoms. The molecule has 0 fully saturated rings. The van der Waals surface area contributed by atoms with Gasteiger partial charge in [0.15, 0.2) is 0 Å². The fraction of sp³-hybridized carbons (Fsp3) is 0.833. The van der Waals surface area contributed by atoms with Crippen molar-refractivity contribution in [3.63, 3.8) is 0 Å². The molecular weight excluding hydrogens is 223 g/mol. The quantitative estimate of drug-likeness (QED) is 0.544. The molecule has 0 heterocycles. The van der Waals surface area contributed by atoms with Crippen molar-refractivity contribution >= 4 is 24.8 Å². The van der Waals surface area contributed by atoms with Crippen molar-refractivity contribution in [2.75, 3.05) is 6.61 Å². The van der Waals surface area contributed by atoms with E-state index in [0.29, 0.717) is 6.61 Å². The SMILES string of the molecule is [CH3][Sn]([CH3])([CH3])[CH2]CO[C]=O. The van der Waals surface area contributed by atoms with Gasteiger partial charge in [-0.2, -0.15) is 0 Å². The molecular formula is C6H13O2Sn. The third kappa shape index (κ3) is 8.27. The first kappa shape index (κ1) is 9.27. The molecule has 0 unspecified atom stereocenters. The van der Waals surface area contributed by atoms with Crippen molar-refractivity contribution in [3.05, 3.63) is 0 Å². The third-order valence-electron chi connectivity index (χ3n) is 1.01. The van der Waals surface area contributed by atoms with E-state index in [2.05, 4.69) is 19.6 Å². The van der Waals surface area contributed by atoms with E-state index in [-0.39, 0.29) is 0 Å². The third-order valence-corrected chi connectivity index (χ3v) is 5.88. The minimum absolute atomic E-state index is 0.572. The Bertz CT molecular complexity index is 85.5. The van der Waals surface area contributed by atoms with Gasteiger partial charge in [0.1, 0.15) is 0 Å². The summed E-state index contributed by atoms with van der Waals surface area (Å²) in [6, 6.07) is 0. The molecule has 0 aliphatic heterocycles. The predicted octanol–water partition coefficient (Wildman–Crippen LogP) is 1.41. The maximum atomic E-state index is 9.57.